The van der Waals surface area contributed by atoms with Crippen molar-refractivity contribution in [2.75, 3.05) is 7.11 Å². The summed E-state index contributed by atoms with van der Waals surface area (Å²) in [4.78, 5) is 31.6. The number of aromatic nitrogens is 2. The lowest BCUT2D eigenvalue weighted by Crippen LogP contribution is -2.23. The molecule has 3 heterocycles. The van der Waals surface area contributed by atoms with Crippen LogP contribution in [0.2, 0.25) is 0 Å². The molecule has 0 aliphatic rings. The highest BCUT2D eigenvalue weighted by Crippen LogP contribution is 2.37. The smallest absolute Gasteiger partial charge is 0.354 e. The molecule has 7 nitrogen and oxygen atoms in total. The molecule has 1 N–H and O–H groups in total. The molecule has 0 fully saturated rings. The Morgan fingerprint density at radius 2 is 1.77 bits per heavy atom. The van der Waals surface area contributed by atoms with E-state index in [0.29, 0.717) is 32.9 Å². The molecule has 0 aliphatic carbocycles. The number of nitrogens with zero attached hydrogens (tertiary/aromatic N) is 2. The van der Waals surface area contributed by atoms with Gasteiger partial charge in [0, 0.05) is 10.6 Å². The monoisotopic (exact) mass is 490 g/mol. The predicted molar refractivity (Wildman–Crippen MR) is 131 cm³/mol. The Balaban J connectivity index is 1.75. The van der Waals surface area contributed by atoms with E-state index in [4.69, 9.17) is 9.15 Å². The van der Waals surface area contributed by atoms with Gasteiger partial charge in [0.25, 0.3) is 5.56 Å². The van der Waals surface area contributed by atoms with Gasteiger partial charge in [-0.05, 0) is 61.0 Å². The lowest BCUT2D eigenvalue weighted by atomic mass is 10.1. The number of benzene rings is 2. The van der Waals surface area contributed by atoms with Crippen LogP contribution in [-0.2, 0) is 6.54 Å². The number of hydrogen-bond donors (Lipinski definition) is 1. The highest BCUT2D eigenvalue weighted by atomic mass is 32.2. The minimum Gasteiger partial charge on any atom is -0.505 e. The fraction of sp³-hybridized carbons (Fsp3) is 0.115. The molecule has 3 aromatic heterocycles. The molecule has 5 rings (SSSR count). The van der Waals surface area contributed by atoms with Gasteiger partial charge in [-0.1, -0.05) is 23.9 Å². The lowest BCUT2D eigenvalue weighted by Gasteiger charge is -2.14. The van der Waals surface area contributed by atoms with Crippen LogP contribution >= 0.6 is 11.8 Å². The maximum absolute atomic E-state index is 13.6. The summed E-state index contributed by atoms with van der Waals surface area (Å²) in [5.41, 5.74) is 0.241. The molecule has 0 radical (unpaired) electrons. The summed E-state index contributed by atoms with van der Waals surface area (Å²) in [6, 6.07) is 16.1. The predicted octanol–water partition coefficient (Wildman–Crippen LogP) is 4.86. The molecule has 0 saturated heterocycles. The first-order valence-electron chi connectivity index (χ1n) is 10.6. The lowest BCUT2D eigenvalue weighted by molar-refractivity contribution is 0.414. The van der Waals surface area contributed by atoms with E-state index in [0.717, 1.165) is 11.8 Å². The van der Waals surface area contributed by atoms with Crippen LogP contribution in [0.3, 0.4) is 0 Å². The third kappa shape index (κ3) is 4.15. The summed E-state index contributed by atoms with van der Waals surface area (Å²) >= 11 is 0.986. The fourth-order valence-electron chi connectivity index (χ4n) is 3.82. The Morgan fingerprint density at radius 3 is 2.46 bits per heavy atom. The number of pyridine rings is 2. The maximum Gasteiger partial charge on any atom is 0.354 e. The number of methoxy groups -OCH3 is 1. The topological polar surface area (TPSA) is 94.6 Å². The van der Waals surface area contributed by atoms with Crippen LogP contribution in [-0.4, -0.2) is 21.8 Å². The van der Waals surface area contributed by atoms with Crippen molar-refractivity contribution in [3.8, 4) is 11.5 Å². The van der Waals surface area contributed by atoms with Gasteiger partial charge in [-0.2, -0.15) is 0 Å². The second-order valence-electron chi connectivity index (χ2n) is 7.89. The Hall–Kier alpha value is -4.11. The zero-order chi connectivity index (χ0) is 24.7. The van der Waals surface area contributed by atoms with E-state index < -0.39 is 22.8 Å². The molecule has 0 bridgehead atoms. The van der Waals surface area contributed by atoms with Gasteiger partial charge in [-0.25, -0.2) is 14.2 Å². The van der Waals surface area contributed by atoms with E-state index in [9.17, 15) is 19.1 Å². The molecule has 0 amide bonds. The van der Waals surface area contributed by atoms with E-state index in [-0.39, 0.29) is 22.4 Å². The molecule has 0 aliphatic heterocycles. The second kappa shape index (κ2) is 8.92. The highest BCUT2D eigenvalue weighted by Gasteiger charge is 2.23. The number of fused-ring (bicyclic) bond motifs is 3. The molecule has 176 valence electrons. The van der Waals surface area contributed by atoms with Crippen molar-refractivity contribution >= 4 is 33.8 Å². The van der Waals surface area contributed by atoms with Crippen molar-refractivity contribution < 1.29 is 18.7 Å². The molecule has 0 saturated carbocycles. The minimum atomic E-state index is -0.770. The third-order valence-electron chi connectivity index (χ3n) is 5.57. The van der Waals surface area contributed by atoms with Crippen molar-refractivity contribution in [3.63, 3.8) is 0 Å². The SMILES string of the molecule is COc1ccc(Sc2c(O)c3c(=O)n(Cc4ccc(F)cc4)c4nc(C)ccc4c3oc2=O)cc1. The van der Waals surface area contributed by atoms with Crippen molar-refractivity contribution in [2.24, 2.45) is 0 Å². The molecule has 5 aromatic rings. The first kappa shape index (κ1) is 22.7. The van der Waals surface area contributed by atoms with E-state index in [1.54, 1.807) is 62.6 Å². The number of aromatic hydroxyl groups is 1. The van der Waals surface area contributed by atoms with Crippen molar-refractivity contribution in [1.82, 2.24) is 9.55 Å². The van der Waals surface area contributed by atoms with Gasteiger partial charge in [-0.15, -0.1) is 0 Å². The summed E-state index contributed by atoms with van der Waals surface area (Å²) < 4.78 is 25.5. The van der Waals surface area contributed by atoms with Crippen LogP contribution in [0.25, 0.3) is 22.0 Å². The van der Waals surface area contributed by atoms with Gasteiger partial charge < -0.3 is 14.3 Å². The van der Waals surface area contributed by atoms with Crippen molar-refractivity contribution in [1.29, 1.82) is 0 Å². The average Bonchev–Trinajstić information content (AvgIpc) is 2.85. The number of rotatable bonds is 5. The highest BCUT2D eigenvalue weighted by molar-refractivity contribution is 7.99. The van der Waals surface area contributed by atoms with Crippen LogP contribution in [0.1, 0.15) is 11.3 Å². The molecule has 35 heavy (non-hydrogen) atoms. The fourth-order valence-corrected chi connectivity index (χ4v) is 4.66. The second-order valence-corrected chi connectivity index (χ2v) is 8.97. The molecule has 0 unspecified atom stereocenters. The molecular formula is C26H19FN2O5S. The normalized spacial score (nSPS) is 11.3. The van der Waals surface area contributed by atoms with E-state index >= 15 is 0 Å². The van der Waals surface area contributed by atoms with Gasteiger partial charge in [0.15, 0.2) is 11.3 Å². The Morgan fingerprint density at radius 1 is 1.06 bits per heavy atom. The number of hydrogen-bond acceptors (Lipinski definition) is 7. The molecule has 0 atom stereocenters. The molecule has 9 heteroatoms. The van der Waals surface area contributed by atoms with Crippen LogP contribution in [0, 0.1) is 12.7 Å². The summed E-state index contributed by atoms with van der Waals surface area (Å²) in [7, 11) is 1.55. The average molecular weight is 491 g/mol. The van der Waals surface area contributed by atoms with Crippen molar-refractivity contribution in [2.45, 2.75) is 23.3 Å². The van der Waals surface area contributed by atoms with E-state index in [1.807, 2.05) is 0 Å². The maximum atomic E-state index is 13.6. The number of aryl methyl sites for hydroxylation is 1. The first-order chi connectivity index (χ1) is 16.9. The van der Waals surface area contributed by atoms with Crippen LogP contribution in [0.4, 0.5) is 4.39 Å². The molecule has 0 spiro atoms. The standard InChI is InChI=1S/C26H19FN2O5S/c1-14-3-12-19-22-20(25(31)29(24(19)28-14)13-15-4-6-16(27)7-5-15)21(30)23(26(32)34-22)35-18-10-8-17(33-2)9-11-18/h3-12,30H,13H2,1-2H3. The largest absolute Gasteiger partial charge is 0.505 e. The van der Waals surface area contributed by atoms with E-state index in [2.05, 4.69) is 4.98 Å². The van der Waals surface area contributed by atoms with Crippen LogP contribution in [0.15, 0.2) is 84.5 Å². The Labute approximate surface area is 202 Å². The van der Waals surface area contributed by atoms with Gasteiger partial charge in [0.1, 0.15) is 27.5 Å². The summed E-state index contributed by atoms with van der Waals surface area (Å²) in [6.07, 6.45) is 0. The van der Waals surface area contributed by atoms with Gasteiger partial charge in [-0.3, -0.25) is 9.36 Å². The van der Waals surface area contributed by atoms with Gasteiger partial charge in [0.05, 0.1) is 19.0 Å². The minimum absolute atomic E-state index is 0.0329. The van der Waals surface area contributed by atoms with Crippen LogP contribution in [0.5, 0.6) is 11.5 Å². The summed E-state index contributed by atoms with van der Waals surface area (Å²) in [5, 5.41) is 11.4. The van der Waals surface area contributed by atoms with Gasteiger partial charge >= 0.3 is 5.63 Å². The van der Waals surface area contributed by atoms with Crippen molar-refractivity contribution in [3.05, 3.63) is 98.5 Å². The third-order valence-corrected chi connectivity index (χ3v) is 6.64. The van der Waals surface area contributed by atoms with Gasteiger partial charge in [0.2, 0.25) is 0 Å². The molecule has 2 aromatic carbocycles. The quantitative estimate of drug-likeness (QED) is 0.352. The number of halogens is 1. The number of ether oxygens (including phenoxy) is 1. The molecular weight excluding hydrogens is 471 g/mol. The Kier molecular flexibility index (Phi) is 5.78. The van der Waals surface area contributed by atoms with Crippen LogP contribution < -0.4 is 15.9 Å². The van der Waals surface area contributed by atoms with E-state index in [1.165, 1.54) is 16.7 Å². The first-order valence-corrected chi connectivity index (χ1v) is 11.4. The summed E-state index contributed by atoms with van der Waals surface area (Å²) in [5.74, 6) is -0.211. The zero-order valence-electron chi connectivity index (χ0n) is 18.7. The zero-order valence-corrected chi connectivity index (χ0v) is 19.6. The Bertz CT molecular complexity index is 1690. The summed E-state index contributed by atoms with van der Waals surface area (Å²) in [6.45, 7) is 1.86.